The van der Waals surface area contributed by atoms with Crippen LogP contribution in [0.3, 0.4) is 0 Å². The third kappa shape index (κ3) is 56.2. The Morgan fingerprint density at radius 2 is 0.556 bits per heavy atom. The van der Waals surface area contributed by atoms with Gasteiger partial charge in [0.05, 0.1) is 0 Å². The molecule has 0 spiro atoms. The fourth-order valence-electron chi connectivity index (χ4n) is 7.31. The van der Waals surface area contributed by atoms with Crippen molar-refractivity contribution < 1.29 is 28.6 Å². The minimum Gasteiger partial charge on any atom is -0.462 e. The van der Waals surface area contributed by atoms with Crippen LogP contribution in [-0.4, -0.2) is 37.2 Å². The maximum absolute atomic E-state index is 12.8. The highest BCUT2D eigenvalue weighted by Gasteiger charge is 2.19. The second kappa shape index (κ2) is 58.9. The van der Waals surface area contributed by atoms with Crippen LogP contribution in [0, 0.1) is 0 Å². The summed E-state index contributed by atoms with van der Waals surface area (Å²) in [6.07, 6.45) is 84.2. The summed E-state index contributed by atoms with van der Waals surface area (Å²) in [5.41, 5.74) is 0. The third-order valence-electron chi connectivity index (χ3n) is 11.5. The summed E-state index contributed by atoms with van der Waals surface area (Å²) in [7, 11) is 0. The van der Waals surface area contributed by atoms with E-state index in [-0.39, 0.29) is 37.5 Å². The van der Waals surface area contributed by atoms with Crippen molar-refractivity contribution in [3.63, 3.8) is 0 Å². The van der Waals surface area contributed by atoms with Gasteiger partial charge in [-0.3, -0.25) is 14.4 Å². The average Bonchev–Trinajstić information content (AvgIpc) is 3.38. The Balaban J connectivity index is 4.38. The van der Waals surface area contributed by atoms with Gasteiger partial charge in [-0.15, -0.1) is 0 Å². The van der Waals surface area contributed by atoms with Gasteiger partial charge < -0.3 is 14.2 Å². The molecule has 0 aliphatic heterocycles. The SMILES string of the molecule is CC/C=C\C/C=C\C/C=C\C/C=C\C/C=C\C/C=C\CCCCCCCCCCC(=O)OCC(COC(=O)CCCCCCC/C=C\CCC)OC(=O)CCC/C=C\C/C=C\C/C=C\C/C=C\C/C=C\CC. The van der Waals surface area contributed by atoms with E-state index in [1.807, 2.05) is 0 Å². The lowest BCUT2D eigenvalue weighted by molar-refractivity contribution is -0.167. The Morgan fingerprint density at radius 3 is 0.903 bits per heavy atom. The molecule has 1 unspecified atom stereocenters. The molecule has 0 saturated carbocycles. The van der Waals surface area contributed by atoms with Gasteiger partial charge in [0, 0.05) is 19.3 Å². The van der Waals surface area contributed by atoms with Gasteiger partial charge in [-0.25, -0.2) is 0 Å². The summed E-state index contributed by atoms with van der Waals surface area (Å²) in [6.45, 7) is 6.27. The molecule has 0 aromatic heterocycles. The van der Waals surface area contributed by atoms with Gasteiger partial charge in [0.2, 0.25) is 0 Å². The molecule has 0 bridgehead atoms. The number of carbonyl (C=O) groups is 3. The summed E-state index contributed by atoms with van der Waals surface area (Å²) >= 11 is 0. The molecule has 0 N–H and O–H groups in total. The Kier molecular flexibility index (Phi) is 55.0. The molecule has 0 radical (unpaired) electrons. The number of unbranched alkanes of at least 4 members (excludes halogenated alkanes) is 15. The van der Waals surface area contributed by atoms with Crippen LogP contribution >= 0.6 is 0 Å². The largest absolute Gasteiger partial charge is 0.462 e. The first-order chi connectivity index (χ1) is 35.5. The quantitative estimate of drug-likeness (QED) is 0.0261. The zero-order valence-corrected chi connectivity index (χ0v) is 46.1. The van der Waals surface area contributed by atoms with E-state index in [1.54, 1.807) is 0 Å². The number of hydrogen-bond donors (Lipinski definition) is 0. The number of esters is 3. The van der Waals surface area contributed by atoms with Gasteiger partial charge in [-0.05, 0) is 128 Å². The fraction of sp³-hybridized carbons (Fsp3) is 0.591. The Bertz CT molecular complexity index is 1610. The van der Waals surface area contributed by atoms with E-state index in [0.717, 1.165) is 141 Å². The van der Waals surface area contributed by atoms with Crippen molar-refractivity contribution in [1.82, 2.24) is 0 Å². The molecular formula is C66H104O6. The summed E-state index contributed by atoms with van der Waals surface area (Å²) in [5.74, 6) is -0.998. The van der Waals surface area contributed by atoms with Crippen molar-refractivity contribution in [3.8, 4) is 0 Å². The normalized spacial score (nSPS) is 13.2. The van der Waals surface area contributed by atoms with Crippen LogP contribution in [-0.2, 0) is 28.6 Å². The molecule has 0 amide bonds. The van der Waals surface area contributed by atoms with Crippen molar-refractivity contribution in [3.05, 3.63) is 146 Å². The molecule has 0 aromatic rings. The van der Waals surface area contributed by atoms with E-state index >= 15 is 0 Å². The topological polar surface area (TPSA) is 78.9 Å². The van der Waals surface area contributed by atoms with Crippen LogP contribution in [0.2, 0.25) is 0 Å². The molecule has 0 rings (SSSR count). The minimum atomic E-state index is -0.820. The molecule has 0 heterocycles. The van der Waals surface area contributed by atoms with Gasteiger partial charge >= 0.3 is 17.9 Å². The Hall–Kier alpha value is -4.71. The lowest BCUT2D eigenvalue weighted by Crippen LogP contribution is -2.30. The molecular weight excluding hydrogens is 889 g/mol. The van der Waals surface area contributed by atoms with E-state index < -0.39 is 6.10 Å². The van der Waals surface area contributed by atoms with Crippen LogP contribution in [0.4, 0.5) is 0 Å². The van der Waals surface area contributed by atoms with Crippen LogP contribution < -0.4 is 0 Å². The summed E-state index contributed by atoms with van der Waals surface area (Å²) in [6, 6.07) is 0. The molecule has 0 fully saturated rings. The van der Waals surface area contributed by atoms with E-state index in [2.05, 4.69) is 167 Å². The van der Waals surface area contributed by atoms with Crippen molar-refractivity contribution in [2.75, 3.05) is 13.2 Å². The number of allylic oxidation sites excluding steroid dienone is 24. The minimum absolute atomic E-state index is 0.113. The van der Waals surface area contributed by atoms with Crippen molar-refractivity contribution >= 4 is 17.9 Å². The molecule has 0 aliphatic rings. The van der Waals surface area contributed by atoms with Crippen molar-refractivity contribution in [2.45, 2.75) is 239 Å². The molecule has 72 heavy (non-hydrogen) atoms. The smallest absolute Gasteiger partial charge is 0.306 e. The predicted octanol–water partition coefficient (Wildman–Crippen LogP) is 19.6. The lowest BCUT2D eigenvalue weighted by atomic mass is 10.1. The van der Waals surface area contributed by atoms with Crippen LogP contribution in [0.15, 0.2) is 146 Å². The van der Waals surface area contributed by atoms with E-state index in [4.69, 9.17) is 14.2 Å². The number of rotatable bonds is 50. The second-order valence-electron chi connectivity index (χ2n) is 18.4. The molecule has 0 aromatic carbocycles. The standard InChI is InChI=1S/C66H104O6/c1-4-7-10-13-16-19-22-24-26-28-29-30-31-32-33-34-35-36-37-39-40-42-44-47-50-53-56-59-65(68)71-62-63(61-70-64(67)58-55-52-49-46-21-18-15-12-9-6-3)72-66(69)60-57-54-51-48-45-43-41-38-27-25-23-20-17-14-11-8-5-2/h7-8,10-12,15-17,19-20,24-27,29-30,32-33,35-36,41,43,48,51,63H,4-6,9,13-14,18,21-23,28,31,34,37-40,42,44-47,49-50,52-62H2,1-3H3/b10-7-,11-8-,15-12-,19-16-,20-17-,26-24-,27-25-,30-29-,33-32-,36-35-,43-41-,51-48-. The first kappa shape index (κ1) is 67.3. The molecule has 1 atom stereocenters. The molecule has 6 heteroatoms. The molecule has 0 aliphatic carbocycles. The highest BCUT2D eigenvalue weighted by molar-refractivity contribution is 5.71. The lowest BCUT2D eigenvalue weighted by Gasteiger charge is -2.18. The van der Waals surface area contributed by atoms with Crippen LogP contribution in [0.5, 0.6) is 0 Å². The zero-order chi connectivity index (χ0) is 52.2. The monoisotopic (exact) mass is 993 g/mol. The highest BCUT2D eigenvalue weighted by atomic mass is 16.6. The molecule has 0 saturated heterocycles. The van der Waals surface area contributed by atoms with Gasteiger partial charge in [0.1, 0.15) is 13.2 Å². The van der Waals surface area contributed by atoms with Crippen LogP contribution in [0.25, 0.3) is 0 Å². The first-order valence-electron chi connectivity index (χ1n) is 28.8. The van der Waals surface area contributed by atoms with E-state index in [0.29, 0.717) is 19.3 Å². The predicted molar refractivity (Wildman–Crippen MR) is 311 cm³/mol. The van der Waals surface area contributed by atoms with Gasteiger partial charge in [0.15, 0.2) is 6.10 Å². The third-order valence-corrected chi connectivity index (χ3v) is 11.5. The van der Waals surface area contributed by atoms with Crippen molar-refractivity contribution in [1.29, 1.82) is 0 Å². The summed E-state index contributed by atoms with van der Waals surface area (Å²) in [4.78, 5) is 38.1. The first-order valence-corrected chi connectivity index (χ1v) is 28.8. The maximum Gasteiger partial charge on any atom is 0.306 e. The van der Waals surface area contributed by atoms with E-state index in [9.17, 15) is 14.4 Å². The Labute approximate surface area is 442 Å². The molecule has 6 nitrogen and oxygen atoms in total. The average molecular weight is 994 g/mol. The highest BCUT2D eigenvalue weighted by Crippen LogP contribution is 2.13. The molecule has 404 valence electrons. The Morgan fingerprint density at radius 1 is 0.292 bits per heavy atom. The summed E-state index contributed by atoms with van der Waals surface area (Å²) < 4.78 is 16.8. The maximum atomic E-state index is 12.8. The van der Waals surface area contributed by atoms with Gasteiger partial charge in [-0.2, -0.15) is 0 Å². The van der Waals surface area contributed by atoms with E-state index in [1.165, 1.54) is 44.9 Å². The van der Waals surface area contributed by atoms with Crippen LogP contribution in [0.1, 0.15) is 233 Å². The second-order valence-corrected chi connectivity index (χ2v) is 18.4. The van der Waals surface area contributed by atoms with Gasteiger partial charge in [-0.1, -0.05) is 231 Å². The zero-order valence-electron chi connectivity index (χ0n) is 46.1. The number of carbonyl (C=O) groups excluding carboxylic acids is 3. The fourth-order valence-corrected chi connectivity index (χ4v) is 7.31. The number of ether oxygens (including phenoxy) is 3. The van der Waals surface area contributed by atoms with Gasteiger partial charge in [0.25, 0.3) is 0 Å². The van der Waals surface area contributed by atoms with Crippen molar-refractivity contribution in [2.24, 2.45) is 0 Å². The summed E-state index contributed by atoms with van der Waals surface area (Å²) in [5, 5.41) is 0. The number of hydrogen-bond acceptors (Lipinski definition) is 6.